The molecule has 0 unspecified atom stereocenters. The SMILES string of the molecule is CC(C)c1cccc2c(C(=O)O)cc(-c3ccccn3)nc12. The summed E-state index contributed by atoms with van der Waals surface area (Å²) in [5.74, 6) is -0.692. The van der Waals surface area contributed by atoms with Crippen LogP contribution in [0.25, 0.3) is 22.3 Å². The molecule has 1 N–H and O–H groups in total. The molecule has 0 saturated heterocycles. The highest BCUT2D eigenvalue weighted by molar-refractivity contribution is 6.04. The van der Waals surface area contributed by atoms with Gasteiger partial charge < -0.3 is 5.11 Å². The van der Waals surface area contributed by atoms with Crippen molar-refractivity contribution in [2.45, 2.75) is 19.8 Å². The van der Waals surface area contributed by atoms with E-state index in [2.05, 4.69) is 23.8 Å². The maximum atomic E-state index is 11.6. The Kier molecular flexibility index (Phi) is 3.59. The summed E-state index contributed by atoms with van der Waals surface area (Å²) >= 11 is 0. The Balaban J connectivity index is 2.37. The van der Waals surface area contributed by atoms with E-state index in [4.69, 9.17) is 0 Å². The number of fused-ring (bicyclic) bond motifs is 1. The Bertz CT molecular complexity index is 842. The van der Waals surface area contributed by atoms with E-state index >= 15 is 0 Å². The number of hydrogen-bond acceptors (Lipinski definition) is 3. The van der Waals surface area contributed by atoms with Gasteiger partial charge >= 0.3 is 5.97 Å². The van der Waals surface area contributed by atoms with Crippen molar-refractivity contribution < 1.29 is 9.90 Å². The van der Waals surface area contributed by atoms with Crippen LogP contribution in [-0.4, -0.2) is 21.0 Å². The number of carboxylic acids is 1. The lowest BCUT2D eigenvalue weighted by molar-refractivity contribution is 0.0699. The topological polar surface area (TPSA) is 63.1 Å². The zero-order valence-electron chi connectivity index (χ0n) is 12.4. The molecule has 0 fully saturated rings. The second kappa shape index (κ2) is 5.56. The van der Waals surface area contributed by atoms with Crippen LogP contribution in [0.1, 0.15) is 35.7 Å². The lowest BCUT2D eigenvalue weighted by atomic mass is 9.97. The van der Waals surface area contributed by atoms with Crippen molar-refractivity contribution >= 4 is 16.9 Å². The number of benzene rings is 1. The quantitative estimate of drug-likeness (QED) is 0.788. The summed E-state index contributed by atoms with van der Waals surface area (Å²) in [7, 11) is 0. The number of para-hydroxylation sites is 1. The largest absolute Gasteiger partial charge is 0.478 e. The summed E-state index contributed by atoms with van der Waals surface area (Å²) in [6, 6.07) is 12.8. The van der Waals surface area contributed by atoms with Crippen LogP contribution in [-0.2, 0) is 0 Å². The highest BCUT2D eigenvalue weighted by Crippen LogP contribution is 2.29. The second-order valence-electron chi connectivity index (χ2n) is 5.47. The predicted molar refractivity (Wildman–Crippen MR) is 86.0 cm³/mol. The standard InChI is InChI=1S/C18H16N2O2/c1-11(2)12-6-5-7-13-14(18(21)22)10-16(20-17(12)13)15-8-3-4-9-19-15/h3-11H,1-2H3,(H,21,22). The maximum absolute atomic E-state index is 11.6. The zero-order chi connectivity index (χ0) is 15.7. The molecule has 0 aliphatic rings. The minimum Gasteiger partial charge on any atom is -0.478 e. The number of rotatable bonds is 3. The number of aromatic carboxylic acids is 1. The number of nitrogens with zero attached hydrogens (tertiary/aromatic N) is 2. The predicted octanol–water partition coefficient (Wildman–Crippen LogP) is 4.12. The molecule has 110 valence electrons. The van der Waals surface area contributed by atoms with Gasteiger partial charge in [0.05, 0.1) is 22.5 Å². The van der Waals surface area contributed by atoms with E-state index in [1.807, 2.05) is 30.3 Å². The minimum absolute atomic E-state index is 0.258. The summed E-state index contributed by atoms with van der Waals surface area (Å²) in [4.78, 5) is 20.6. The van der Waals surface area contributed by atoms with Crippen LogP contribution < -0.4 is 0 Å². The fraction of sp³-hybridized carbons (Fsp3) is 0.167. The summed E-state index contributed by atoms with van der Waals surface area (Å²) in [5.41, 5.74) is 3.29. The van der Waals surface area contributed by atoms with Crippen molar-refractivity contribution in [1.82, 2.24) is 9.97 Å². The molecule has 0 aliphatic carbocycles. The number of pyridine rings is 2. The molecule has 0 amide bonds. The molecule has 0 spiro atoms. The van der Waals surface area contributed by atoms with Gasteiger partial charge in [-0.3, -0.25) is 4.98 Å². The third-order valence-corrected chi connectivity index (χ3v) is 3.65. The molecule has 4 nitrogen and oxygen atoms in total. The molecule has 4 heteroatoms. The molecular formula is C18H16N2O2. The number of carboxylic acid groups (broad SMARTS) is 1. The molecule has 3 aromatic rings. The van der Waals surface area contributed by atoms with Crippen molar-refractivity contribution in [3.05, 3.63) is 59.8 Å². The molecule has 1 aromatic carbocycles. The Morgan fingerprint density at radius 1 is 1.09 bits per heavy atom. The zero-order valence-corrected chi connectivity index (χ0v) is 12.4. The van der Waals surface area contributed by atoms with Crippen LogP contribution >= 0.6 is 0 Å². The van der Waals surface area contributed by atoms with Gasteiger partial charge in [-0.05, 0) is 29.7 Å². The first-order chi connectivity index (χ1) is 10.6. The van der Waals surface area contributed by atoms with Crippen molar-refractivity contribution in [2.24, 2.45) is 0 Å². The normalized spacial score (nSPS) is 11.0. The Morgan fingerprint density at radius 3 is 2.55 bits per heavy atom. The molecule has 0 saturated carbocycles. The van der Waals surface area contributed by atoms with E-state index in [1.54, 1.807) is 18.3 Å². The average Bonchev–Trinajstić information content (AvgIpc) is 2.53. The van der Waals surface area contributed by atoms with E-state index in [9.17, 15) is 9.90 Å². The average molecular weight is 292 g/mol. The van der Waals surface area contributed by atoms with E-state index in [0.29, 0.717) is 16.8 Å². The monoisotopic (exact) mass is 292 g/mol. The van der Waals surface area contributed by atoms with Gasteiger partial charge in [-0.2, -0.15) is 0 Å². The first-order valence-electron chi connectivity index (χ1n) is 7.16. The lowest BCUT2D eigenvalue weighted by Gasteiger charge is -2.12. The van der Waals surface area contributed by atoms with E-state index in [0.717, 1.165) is 11.1 Å². The molecule has 0 radical (unpaired) electrons. The number of carbonyl (C=O) groups is 1. The first-order valence-corrected chi connectivity index (χ1v) is 7.16. The van der Waals surface area contributed by atoms with Crippen LogP contribution in [0.4, 0.5) is 0 Å². The Morgan fingerprint density at radius 2 is 1.91 bits per heavy atom. The summed E-state index contributed by atoms with van der Waals surface area (Å²) in [6.45, 7) is 4.15. The highest BCUT2D eigenvalue weighted by atomic mass is 16.4. The van der Waals surface area contributed by atoms with E-state index < -0.39 is 5.97 Å². The fourth-order valence-corrected chi connectivity index (χ4v) is 2.56. The van der Waals surface area contributed by atoms with Crippen LogP contribution in [0.2, 0.25) is 0 Å². The molecule has 2 aromatic heterocycles. The van der Waals surface area contributed by atoms with Gasteiger partial charge in [-0.25, -0.2) is 9.78 Å². The van der Waals surface area contributed by atoms with Crippen molar-refractivity contribution in [1.29, 1.82) is 0 Å². The van der Waals surface area contributed by atoms with Gasteiger partial charge in [0.1, 0.15) is 0 Å². The third kappa shape index (κ3) is 2.44. The van der Waals surface area contributed by atoms with Gasteiger partial charge in [0.15, 0.2) is 0 Å². The summed E-state index contributed by atoms with van der Waals surface area (Å²) < 4.78 is 0. The smallest absolute Gasteiger partial charge is 0.336 e. The second-order valence-corrected chi connectivity index (χ2v) is 5.47. The molecule has 0 bridgehead atoms. The fourth-order valence-electron chi connectivity index (χ4n) is 2.56. The third-order valence-electron chi connectivity index (χ3n) is 3.65. The van der Waals surface area contributed by atoms with Crippen LogP contribution in [0.5, 0.6) is 0 Å². The van der Waals surface area contributed by atoms with Gasteiger partial charge in [0, 0.05) is 11.6 Å². The molecule has 0 aliphatic heterocycles. The molecule has 3 rings (SSSR count). The lowest BCUT2D eigenvalue weighted by Crippen LogP contribution is -2.03. The van der Waals surface area contributed by atoms with Gasteiger partial charge in [-0.1, -0.05) is 38.1 Å². The Labute approximate surface area is 128 Å². The molecule has 2 heterocycles. The van der Waals surface area contributed by atoms with Gasteiger partial charge in [-0.15, -0.1) is 0 Å². The first kappa shape index (κ1) is 14.2. The van der Waals surface area contributed by atoms with Crippen LogP contribution in [0, 0.1) is 0 Å². The van der Waals surface area contributed by atoms with Crippen LogP contribution in [0.15, 0.2) is 48.7 Å². The van der Waals surface area contributed by atoms with Crippen molar-refractivity contribution in [3.8, 4) is 11.4 Å². The summed E-state index contributed by atoms with van der Waals surface area (Å²) in [6.07, 6.45) is 1.68. The maximum Gasteiger partial charge on any atom is 0.336 e. The minimum atomic E-state index is -0.953. The number of hydrogen-bond donors (Lipinski definition) is 1. The molecule has 0 atom stereocenters. The van der Waals surface area contributed by atoms with E-state index in [-0.39, 0.29) is 11.5 Å². The van der Waals surface area contributed by atoms with E-state index in [1.165, 1.54) is 0 Å². The van der Waals surface area contributed by atoms with Crippen molar-refractivity contribution in [3.63, 3.8) is 0 Å². The number of aromatic nitrogens is 2. The summed E-state index contributed by atoms with van der Waals surface area (Å²) in [5, 5.41) is 10.2. The van der Waals surface area contributed by atoms with Crippen molar-refractivity contribution in [2.75, 3.05) is 0 Å². The Hall–Kier alpha value is -2.75. The van der Waals surface area contributed by atoms with Crippen LogP contribution in [0.3, 0.4) is 0 Å². The highest BCUT2D eigenvalue weighted by Gasteiger charge is 2.16. The molecule has 22 heavy (non-hydrogen) atoms. The van der Waals surface area contributed by atoms with Gasteiger partial charge in [0.2, 0.25) is 0 Å². The van der Waals surface area contributed by atoms with Gasteiger partial charge in [0.25, 0.3) is 0 Å². The molecular weight excluding hydrogens is 276 g/mol.